The molecule has 0 atom stereocenters. The maximum atomic E-state index is 13.2. The van der Waals surface area contributed by atoms with Gasteiger partial charge in [-0.2, -0.15) is 0 Å². The molecule has 1 amide bonds. The smallest absolute Gasteiger partial charge is 0.229 e. The highest BCUT2D eigenvalue weighted by atomic mass is 35.5. The number of aromatic nitrogens is 1. The van der Waals surface area contributed by atoms with Crippen LogP contribution in [-0.2, 0) is 14.6 Å². The van der Waals surface area contributed by atoms with Gasteiger partial charge in [0.15, 0.2) is 15.0 Å². The first-order valence-corrected chi connectivity index (χ1v) is 13.0. The van der Waals surface area contributed by atoms with Gasteiger partial charge in [-0.1, -0.05) is 22.9 Å². The number of halogens is 1. The van der Waals surface area contributed by atoms with Crippen LogP contribution >= 0.6 is 22.9 Å². The van der Waals surface area contributed by atoms with Crippen molar-refractivity contribution in [2.75, 3.05) is 52.1 Å². The molecule has 11 heteroatoms. The number of fused-ring (bicyclic) bond motifs is 1. The largest absolute Gasteiger partial charge is 0.497 e. The Labute approximate surface area is 202 Å². The van der Waals surface area contributed by atoms with E-state index in [9.17, 15) is 13.2 Å². The summed E-state index contributed by atoms with van der Waals surface area (Å²) in [5, 5.41) is 0.960. The number of sulfone groups is 1. The van der Waals surface area contributed by atoms with Crippen molar-refractivity contribution in [3.63, 3.8) is 0 Å². The molecule has 1 heterocycles. The minimum absolute atomic E-state index is 0.146. The predicted octanol–water partition coefficient (Wildman–Crippen LogP) is 3.73. The number of rotatable bonds is 10. The second kappa shape index (κ2) is 10.7. The molecule has 8 nitrogen and oxygen atoms in total. The molecule has 0 spiro atoms. The molecule has 33 heavy (non-hydrogen) atoms. The van der Waals surface area contributed by atoms with Crippen LogP contribution in [0.1, 0.15) is 6.42 Å². The molecule has 0 fully saturated rings. The first-order chi connectivity index (χ1) is 15.7. The number of amides is 1. The van der Waals surface area contributed by atoms with E-state index in [0.29, 0.717) is 45.0 Å². The average molecular weight is 512 g/mol. The third-order valence-electron chi connectivity index (χ3n) is 4.97. The SMILES string of the molecule is COc1ccc(S(=O)(=O)CCC(=O)N(CCN(C)C)c2nc3c(OC)ccc(Cl)c3s2)cc1. The van der Waals surface area contributed by atoms with E-state index in [1.807, 2.05) is 19.0 Å². The van der Waals surface area contributed by atoms with Crippen LogP contribution in [0.4, 0.5) is 5.13 Å². The van der Waals surface area contributed by atoms with E-state index >= 15 is 0 Å². The summed E-state index contributed by atoms with van der Waals surface area (Å²) in [7, 11) is 3.21. The third kappa shape index (κ3) is 5.94. The molecule has 0 saturated carbocycles. The molecule has 0 N–H and O–H groups in total. The second-order valence-corrected chi connectivity index (χ2v) is 11.0. The number of ether oxygens (including phenoxy) is 2. The number of hydrogen-bond donors (Lipinski definition) is 0. The molecule has 2 aromatic carbocycles. The quantitative estimate of drug-likeness (QED) is 0.409. The number of anilines is 1. The number of methoxy groups -OCH3 is 2. The summed E-state index contributed by atoms with van der Waals surface area (Å²) in [6.07, 6.45) is -0.178. The average Bonchev–Trinajstić information content (AvgIpc) is 3.24. The van der Waals surface area contributed by atoms with Gasteiger partial charge in [0.1, 0.15) is 17.0 Å². The first kappa shape index (κ1) is 25.2. The zero-order valence-electron chi connectivity index (χ0n) is 18.9. The number of benzene rings is 2. The summed E-state index contributed by atoms with van der Waals surface area (Å²) in [5.41, 5.74) is 0.568. The van der Waals surface area contributed by atoms with Crippen LogP contribution in [-0.4, -0.2) is 71.4 Å². The molecule has 3 rings (SSSR count). The third-order valence-corrected chi connectivity index (χ3v) is 8.24. The highest BCUT2D eigenvalue weighted by molar-refractivity contribution is 7.91. The predicted molar refractivity (Wildman–Crippen MR) is 132 cm³/mol. The Kier molecular flexibility index (Phi) is 8.17. The highest BCUT2D eigenvalue weighted by Gasteiger charge is 2.24. The Morgan fingerprint density at radius 2 is 1.76 bits per heavy atom. The van der Waals surface area contributed by atoms with Crippen LogP contribution in [0.15, 0.2) is 41.3 Å². The molecule has 0 saturated heterocycles. The Balaban J connectivity index is 1.85. The van der Waals surface area contributed by atoms with Gasteiger partial charge in [-0.15, -0.1) is 0 Å². The number of nitrogens with zero attached hydrogens (tertiary/aromatic N) is 3. The molecule has 0 aliphatic carbocycles. The Hall–Kier alpha value is -2.40. The van der Waals surface area contributed by atoms with Gasteiger partial charge in [0.05, 0.1) is 34.6 Å². The highest BCUT2D eigenvalue weighted by Crippen LogP contribution is 2.38. The van der Waals surface area contributed by atoms with Crippen molar-refractivity contribution in [1.29, 1.82) is 0 Å². The molecule has 0 aliphatic rings. The fourth-order valence-corrected chi connectivity index (χ4v) is 5.64. The van der Waals surface area contributed by atoms with Crippen molar-refractivity contribution < 1.29 is 22.7 Å². The summed E-state index contributed by atoms with van der Waals surface area (Å²) in [6.45, 7) is 0.936. The van der Waals surface area contributed by atoms with E-state index in [1.165, 1.54) is 35.5 Å². The van der Waals surface area contributed by atoms with E-state index in [-0.39, 0.29) is 23.0 Å². The van der Waals surface area contributed by atoms with Gasteiger partial charge in [0.25, 0.3) is 0 Å². The lowest BCUT2D eigenvalue weighted by atomic mass is 10.3. The summed E-state index contributed by atoms with van der Waals surface area (Å²) >= 11 is 7.61. The van der Waals surface area contributed by atoms with Crippen molar-refractivity contribution in [2.24, 2.45) is 0 Å². The van der Waals surface area contributed by atoms with E-state index in [0.717, 1.165) is 0 Å². The van der Waals surface area contributed by atoms with Gasteiger partial charge < -0.3 is 14.4 Å². The monoisotopic (exact) mass is 511 g/mol. The zero-order chi connectivity index (χ0) is 24.2. The lowest BCUT2D eigenvalue weighted by molar-refractivity contribution is -0.118. The number of likely N-dealkylation sites (N-methyl/N-ethyl adjacent to an activating group) is 1. The second-order valence-electron chi connectivity index (χ2n) is 7.52. The molecule has 0 aliphatic heterocycles. The lowest BCUT2D eigenvalue weighted by Crippen LogP contribution is -2.37. The van der Waals surface area contributed by atoms with Gasteiger partial charge >= 0.3 is 0 Å². The van der Waals surface area contributed by atoms with E-state index in [4.69, 9.17) is 21.1 Å². The zero-order valence-corrected chi connectivity index (χ0v) is 21.3. The lowest BCUT2D eigenvalue weighted by Gasteiger charge is -2.22. The molecule has 0 bridgehead atoms. The number of carbonyl (C=O) groups excluding carboxylic acids is 1. The molecule has 3 aromatic rings. The van der Waals surface area contributed by atoms with Crippen LogP contribution in [0.25, 0.3) is 10.2 Å². The Morgan fingerprint density at radius 3 is 2.36 bits per heavy atom. The molecule has 178 valence electrons. The molecular weight excluding hydrogens is 486 g/mol. The van der Waals surface area contributed by atoms with Crippen molar-refractivity contribution in [2.45, 2.75) is 11.3 Å². The van der Waals surface area contributed by atoms with Crippen molar-refractivity contribution in [1.82, 2.24) is 9.88 Å². The number of hydrogen-bond acceptors (Lipinski definition) is 8. The van der Waals surface area contributed by atoms with E-state index < -0.39 is 9.84 Å². The Morgan fingerprint density at radius 1 is 1.06 bits per heavy atom. The van der Waals surface area contributed by atoms with Crippen LogP contribution < -0.4 is 14.4 Å². The fraction of sp³-hybridized carbons (Fsp3) is 0.364. The van der Waals surface area contributed by atoms with Crippen LogP contribution in [0.5, 0.6) is 11.5 Å². The van der Waals surface area contributed by atoms with Crippen molar-refractivity contribution >= 4 is 54.0 Å². The fourth-order valence-electron chi connectivity index (χ4n) is 3.11. The van der Waals surface area contributed by atoms with E-state index in [2.05, 4.69) is 4.98 Å². The topological polar surface area (TPSA) is 89.0 Å². The van der Waals surface area contributed by atoms with Crippen LogP contribution in [0.2, 0.25) is 5.02 Å². The molecule has 0 unspecified atom stereocenters. The van der Waals surface area contributed by atoms with Crippen LogP contribution in [0.3, 0.4) is 0 Å². The van der Waals surface area contributed by atoms with Crippen LogP contribution in [0, 0.1) is 0 Å². The summed E-state index contributed by atoms with van der Waals surface area (Å²) < 4.78 is 36.7. The van der Waals surface area contributed by atoms with Gasteiger partial charge in [0.2, 0.25) is 5.91 Å². The normalized spacial score (nSPS) is 11.7. The molecule has 0 radical (unpaired) electrons. The maximum absolute atomic E-state index is 13.2. The number of carbonyl (C=O) groups is 1. The maximum Gasteiger partial charge on any atom is 0.229 e. The van der Waals surface area contributed by atoms with Gasteiger partial charge in [-0.05, 0) is 50.5 Å². The molecule has 1 aromatic heterocycles. The first-order valence-electron chi connectivity index (χ1n) is 10.1. The van der Waals surface area contributed by atoms with Crippen molar-refractivity contribution in [3.05, 3.63) is 41.4 Å². The Bertz CT molecular complexity index is 1230. The number of thiazole rings is 1. The minimum Gasteiger partial charge on any atom is -0.497 e. The van der Waals surface area contributed by atoms with Gasteiger partial charge in [-0.3, -0.25) is 9.69 Å². The van der Waals surface area contributed by atoms with Crippen molar-refractivity contribution in [3.8, 4) is 11.5 Å². The summed E-state index contributed by atoms with van der Waals surface area (Å²) in [4.78, 5) is 21.4. The van der Waals surface area contributed by atoms with Gasteiger partial charge in [0, 0.05) is 19.5 Å². The van der Waals surface area contributed by atoms with Gasteiger partial charge in [-0.25, -0.2) is 13.4 Å². The molecular formula is C22H26ClN3O5S2. The minimum atomic E-state index is -3.64. The van der Waals surface area contributed by atoms with E-state index in [1.54, 1.807) is 31.4 Å². The standard InChI is InChI=1S/C22H26ClN3O5S2/c1-25(2)12-13-26(22-24-20-18(31-4)10-9-17(23)21(20)32-22)19(27)11-14-33(28,29)16-7-5-15(30-3)6-8-16/h5-10H,11-14H2,1-4H3. The summed E-state index contributed by atoms with van der Waals surface area (Å²) in [5.74, 6) is 0.470. The summed E-state index contributed by atoms with van der Waals surface area (Å²) in [6, 6.07) is 9.56.